The highest BCUT2D eigenvalue weighted by Gasteiger charge is 2.15. The molecule has 0 saturated carbocycles. The summed E-state index contributed by atoms with van der Waals surface area (Å²) in [5.74, 6) is -4.92. The minimum absolute atomic E-state index is 0.192. The maximum Gasteiger partial charge on any atom is 0.332 e. The lowest BCUT2D eigenvalue weighted by Crippen LogP contribution is -2.06. The fraction of sp³-hybridized carbons (Fsp3) is 0.0625. The molecule has 2 aromatic carbocycles. The number of esters is 1. The molecule has 0 radical (unpaired) electrons. The van der Waals surface area contributed by atoms with E-state index in [9.17, 15) is 18.0 Å². The van der Waals surface area contributed by atoms with Crippen molar-refractivity contribution in [2.45, 2.75) is 0 Å². The third-order valence-corrected chi connectivity index (χ3v) is 2.85. The van der Waals surface area contributed by atoms with Crippen LogP contribution in [0.3, 0.4) is 0 Å². The third-order valence-electron chi connectivity index (χ3n) is 2.85. The smallest absolute Gasteiger partial charge is 0.332 e. The van der Waals surface area contributed by atoms with Crippen LogP contribution in [0.1, 0.15) is 5.56 Å². The molecule has 0 aliphatic carbocycles. The fourth-order valence-corrected chi connectivity index (χ4v) is 1.75. The van der Waals surface area contributed by atoms with Crippen molar-refractivity contribution in [3.05, 3.63) is 71.6 Å². The first-order chi connectivity index (χ1) is 10.5. The molecule has 0 bridgehead atoms. The second kappa shape index (κ2) is 6.80. The maximum absolute atomic E-state index is 13.7. The molecule has 114 valence electrons. The van der Waals surface area contributed by atoms with Crippen molar-refractivity contribution in [1.29, 1.82) is 0 Å². The van der Waals surface area contributed by atoms with Gasteiger partial charge >= 0.3 is 5.97 Å². The second-order valence-corrected chi connectivity index (χ2v) is 4.30. The summed E-state index contributed by atoms with van der Waals surface area (Å²) in [5, 5.41) is 2.58. The summed E-state index contributed by atoms with van der Waals surface area (Å²) < 4.78 is 44.5. The summed E-state index contributed by atoms with van der Waals surface area (Å²) in [6.07, 6.45) is 1.09. The van der Waals surface area contributed by atoms with Crippen LogP contribution < -0.4 is 5.32 Å². The van der Waals surface area contributed by atoms with E-state index in [0.29, 0.717) is 5.56 Å². The van der Waals surface area contributed by atoms with Gasteiger partial charge in [-0.2, -0.15) is 0 Å². The number of hydrogen-bond donors (Lipinski definition) is 1. The zero-order chi connectivity index (χ0) is 16.1. The predicted octanol–water partition coefficient (Wildman–Crippen LogP) is 3.73. The fourth-order valence-electron chi connectivity index (χ4n) is 1.75. The minimum atomic E-state index is -1.59. The summed E-state index contributed by atoms with van der Waals surface area (Å²) in [6.45, 7) is 0. The molecular weight excluding hydrogens is 295 g/mol. The monoisotopic (exact) mass is 307 g/mol. The van der Waals surface area contributed by atoms with E-state index in [1.165, 1.54) is 7.11 Å². The highest BCUT2D eigenvalue weighted by atomic mass is 19.2. The largest absolute Gasteiger partial charge is 0.466 e. The van der Waals surface area contributed by atoms with Crippen molar-refractivity contribution >= 4 is 17.4 Å². The molecule has 0 spiro atoms. The van der Waals surface area contributed by atoms with Gasteiger partial charge in [-0.1, -0.05) is 30.3 Å². The van der Waals surface area contributed by atoms with Crippen LogP contribution in [0.2, 0.25) is 0 Å². The van der Waals surface area contributed by atoms with E-state index in [4.69, 9.17) is 0 Å². The highest BCUT2D eigenvalue weighted by Crippen LogP contribution is 2.24. The zero-order valence-corrected chi connectivity index (χ0v) is 11.6. The van der Waals surface area contributed by atoms with Crippen molar-refractivity contribution in [3.63, 3.8) is 0 Å². The second-order valence-electron chi connectivity index (χ2n) is 4.30. The molecular formula is C16H12F3NO2. The molecule has 0 aliphatic heterocycles. The Kier molecular flexibility index (Phi) is 4.83. The van der Waals surface area contributed by atoms with Crippen LogP contribution in [0.5, 0.6) is 0 Å². The number of ether oxygens (including phenoxy) is 1. The normalized spacial score (nSPS) is 11.2. The van der Waals surface area contributed by atoms with Gasteiger partial charge in [-0.25, -0.2) is 18.0 Å². The number of halogens is 3. The van der Waals surface area contributed by atoms with Gasteiger partial charge in [0.2, 0.25) is 0 Å². The Bertz CT molecular complexity index is 715. The number of hydrogen-bond acceptors (Lipinski definition) is 3. The van der Waals surface area contributed by atoms with Crippen LogP contribution in [0, 0.1) is 17.5 Å². The number of anilines is 1. The van der Waals surface area contributed by atoms with E-state index in [0.717, 1.165) is 18.2 Å². The Morgan fingerprint density at radius 3 is 2.36 bits per heavy atom. The van der Waals surface area contributed by atoms with Crippen LogP contribution >= 0.6 is 0 Å². The minimum Gasteiger partial charge on any atom is -0.466 e. The first kappa shape index (κ1) is 15.6. The Morgan fingerprint density at radius 2 is 1.73 bits per heavy atom. The molecule has 0 aromatic heterocycles. The average molecular weight is 307 g/mol. The first-order valence-corrected chi connectivity index (χ1v) is 6.28. The van der Waals surface area contributed by atoms with Crippen molar-refractivity contribution in [2.75, 3.05) is 12.4 Å². The number of rotatable bonds is 4. The average Bonchev–Trinajstić information content (AvgIpc) is 2.55. The molecule has 6 heteroatoms. The molecule has 0 aliphatic rings. The topological polar surface area (TPSA) is 38.3 Å². The van der Waals surface area contributed by atoms with Gasteiger partial charge in [0.25, 0.3) is 0 Å². The molecule has 0 fully saturated rings. The van der Waals surface area contributed by atoms with Crippen molar-refractivity contribution in [1.82, 2.24) is 0 Å². The van der Waals surface area contributed by atoms with E-state index in [-0.39, 0.29) is 11.4 Å². The lowest BCUT2D eigenvalue weighted by atomic mass is 10.1. The Labute approximate surface area is 125 Å². The van der Waals surface area contributed by atoms with Crippen molar-refractivity contribution < 1.29 is 22.7 Å². The van der Waals surface area contributed by atoms with Gasteiger partial charge in [0, 0.05) is 6.08 Å². The van der Waals surface area contributed by atoms with E-state index >= 15 is 0 Å². The Hall–Kier alpha value is -2.76. The molecule has 2 rings (SSSR count). The number of methoxy groups -OCH3 is 1. The van der Waals surface area contributed by atoms with E-state index in [1.54, 1.807) is 30.3 Å². The lowest BCUT2D eigenvalue weighted by Gasteiger charge is -2.12. The molecule has 2 aromatic rings. The SMILES string of the molecule is COC(=O)/C=C(\Nc1ccc(F)c(F)c1F)c1ccccc1. The number of carbonyl (C=O) groups excluding carboxylic acids is 1. The molecule has 1 N–H and O–H groups in total. The highest BCUT2D eigenvalue weighted by molar-refractivity contribution is 5.94. The molecule has 22 heavy (non-hydrogen) atoms. The van der Waals surface area contributed by atoms with Crippen LogP contribution in [0.4, 0.5) is 18.9 Å². The van der Waals surface area contributed by atoms with Gasteiger partial charge in [-0.15, -0.1) is 0 Å². The zero-order valence-electron chi connectivity index (χ0n) is 11.6. The van der Waals surface area contributed by atoms with Gasteiger partial charge in [-0.3, -0.25) is 0 Å². The van der Waals surface area contributed by atoms with E-state index in [1.807, 2.05) is 0 Å². The Balaban J connectivity index is 2.42. The van der Waals surface area contributed by atoms with E-state index < -0.39 is 23.4 Å². The summed E-state index contributed by atoms with van der Waals surface area (Å²) in [4.78, 5) is 11.4. The summed E-state index contributed by atoms with van der Waals surface area (Å²) in [6, 6.07) is 10.4. The number of carbonyl (C=O) groups is 1. The van der Waals surface area contributed by atoms with Crippen molar-refractivity contribution in [3.8, 4) is 0 Å². The summed E-state index contributed by atoms with van der Waals surface area (Å²) in [7, 11) is 1.19. The van der Waals surface area contributed by atoms with E-state index in [2.05, 4.69) is 10.1 Å². The standard InChI is InChI=1S/C16H12F3NO2/c1-22-14(21)9-13(10-5-3-2-4-6-10)20-12-8-7-11(17)15(18)16(12)19/h2-9,20H,1H3/b13-9-. The molecule has 0 amide bonds. The van der Waals surface area contributed by atoms with Crippen molar-refractivity contribution in [2.24, 2.45) is 0 Å². The Morgan fingerprint density at radius 1 is 1.05 bits per heavy atom. The molecule has 0 atom stereocenters. The maximum atomic E-state index is 13.7. The van der Waals surface area contributed by atoms with Gasteiger partial charge in [0.15, 0.2) is 17.5 Å². The first-order valence-electron chi connectivity index (χ1n) is 6.28. The number of benzene rings is 2. The van der Waals surface area contributed by atoms with Crippen LogP contribution in [0.25, 0.3) is 5.70 Å². The van der Waals surface area contributed by atoms with Crippen LogP contribution in [-0.4, -0.2) is 13.1 Å². The molecule has 0 unspecified atom stereocenters. The predicted molar refractivity (Wildman–Crippen MR) is 76.4 cm³/mol. The molecule has 0 heterocycles. The van der Waals surface area contributed by atoms with Crippen LogP contribution in [0.15, 0.2) is 48.5 Å². The third kappa shape index (κ3) is 3.46. The van der Waals surface area contributed by atoms with Gasteiger partial charge < -0.3 is 10.1 Å². The molecule has 3 nitrogen and oxygen atoms in total. The van der Waals surface area contributed by atoms with Gasteiger partial charge in [0.1, 0.15) is 0 Å². The number of nitrogens with one attached hydrogen (secondary N) is 1. The molecule has 0 saturated heterocycles. The van der Waals surface area contributed by atoms with Crippen LogP contribution in [-0.2, 0) is 9.53 Å². The quantitative estimate of drug-likeness (QED) is 0.531. The summed E-state index contributed by atoms with van der Waals surface area (Å²) >= 11 is 0. The lowest BCUT2D eigenvalue weighted by molar-refractivity contribution is -0.134. The van der Waals surface area contributed by atoms with Gasteiger partial charge in [-0.05, 0) is 17.7 Å². The van der Waals surface area contributed by atoms with Gasteiger partial charge in [0.05, 0.1) is 18.5 Å². The summed E-state index contributed by atoms with van der Waals surface area (Å²) in [5.41, 5.74) is 0.451.